The Hall–Kier alpha value is -3.09. The molecule has 0 saturated heterocycles. The zero-order valence-corrected chi connectivity index (χ0v) is 14.5. The van der Waals surface area contributed by atoms with E-state index in [0.717, 1.165) is 5.56 Å². The number of rotatable bonds is 3. The van der Waals surface area contributed by atoms with E-state index in [1.54, 1.807) is 13.0 Å². The molecule has 0 aliphatic rings. The molecule has 0 saturated carbocycles. The fourth-order valence-electron chi connectivity index (χ4n) is 2.45. The second kappa shape index (κ2) is 7.21. The third kappa shape index (κ3) is 3.26. The number of nitrogens with one attached hydrogen (secondary N) is 1. The Balaban J connectivity index is 0.00000109. The minimum absolute atomic E-state index is 0.00734. The van der Waals surface area contributed by atoms with Crippen molar-refractivity contribution < 1.29 is 13.6 Å². The van der Waals surface area contributed by atoms with Crippen molar-refractivity contribution in [1.82, 2.24) is 4.57 Å². The minimum atomic E-state index is -0.782. The van der Waals surface area contributed by atoms with Gasteiger partial charge in [-0.2, -0.15) is 0 Å². The van der Waals surface area contributed by atoms with Crippen LogP contribution in [0.5, 0.6) is 0 Å². The fraction of sp³-hybridized carbons (Fsp3) is 0.222. The maximum Gasteiger partial charge on any atom is 0.263 e. The van der Waals surface area contributed by atoms with Crippen LogP contribution in [0, 0.1) is 12.7 Å². The van der Waals surface area contributed by atoms with E-state index >= 15 is 0 Å². The Kier molecular flexibility index (Phi) is 5.26. The summed E-state index contributed by atoms with van der Waals surface area (Å²) in [7, 11) is 1.47. The lowest BCUT2D eigenvalue weighted by Gasteiger charge is -2.15. The Bertz CT molecular complexity index is 989. The van der Waals surface area contributed by atoms with E-state index in [1.165, 1.54) is 36.1 Å². The number of aryl methyl sites for hydroxylation is 1. The molecule has 2 heterocycles. The van der Waals surface area contributed by atoms with Crippen molar-refractivity contribution in [3.8, 4) is 0 Å². The number of fused-ring (bicyclic) bond motifs is 1. The molecule has 6 nitrogen and oxygen atoms in total. The number of halogens is 1. The summed E-state index contributed by atoms with van der Waals surface area (Å²) >= 11 is 0. The number of amides is 1. The number of carbonyl (C=O) groups excluding carboxylic acids is 1. The third-order valence-corrected chi connectivity index (χ3v) is 3.62. The molecule has 1 amide bonds. The molecule has 3 rings (SSSR count). The van der Waals surface area contributed by atoms with E-state index in [1.807, 2.05) is 13.8 Å². The van der Waals surface area contributed by atoms with Gasteiger partial charge in [0, 0.05) is 7.05 Å². The van der Waals surface area contributed by atoms with Gasteiger partial charge in [0.05, 0.1) is 17.3 Å². The van der Waals surface area contributed by atoms with Crippen molar-refractivity contribution in [1.29, 1.82) is 0 Å². The molecule has 2 aromatic heterocycles. The van der Waals surface area contributed by atoms with Crippen LogP contribution in [0.1, 0.15) is 29.8 Å². The minimum Gasteiger partial charge on any atom is -0.463 e. The predicted octanol–water partition coefficient (Wildman–Crippen LogP) is 3.45. The number of nitrogens with zero attached hydrogens (tertiary/aromatic N) is 1. The molecule has 0 aliphatic carbocycles. The highest BCUT2D eigenvalue weighted by Gasteiger charge is 2.22. The monoisotopic (exact) mass is 345 g/mol. The third-order valence-electron chi connectivity index (χ3n) is 3.62. The number of aromatic nitrogens is 1. The number of hydrogen-bond donors (Lipinski definition) is 2. The number of furan rings is 1. The van der Waals surface area contributed by atoms with E-state index in [-0.39, 0.29) is 33.6 Å². The van der Waals surface area contributed by atoms with Crippen LogP contribution in [-0.2, 0) is 7.05 Å². The molecule has 7 heteroatoms. The van der Waals surface area contributed by atoms with Gasteiger partial charge in [-0.1, -0.05) is 19.9 Å². The number of hydrogen-bond acceptors (Lipinski definition) is 4. The van der Waals surface area contributed by atoms with Crippen LogP contribution in [0.4, 0.5) is 15.9 Å². The van der Waals surface area contributed by atoms with Gasteiger partial charge >= 0.3 is 0 Å². The largest absolute Gasteiger partial charge is 0.463 e. The summed E-state index contributed by atoms with van der Waals surface area (Å²) in [6, 6.07) is 6.03. The molecule has 0 bridgehead atoms. The van der Waals surface area contributed by atoms with Crippen LogP contribution >= 0.6 is 0 Å². The number of nitrogens with two attached hydrogens (primary N) is 1. The molecule has 0 atom stereocenters. The molecule has 3 aromatic rings. The van der Waals surface area contributed by atoms with Crippen molar-refractivity contribution in [3.05, 3.63) is 57.8 Å². The van der Waals surface area contributed by atoms with E-state index in [0.29, 0.717) is 0 Å². The number of primary amides is 1. The second-order valence-electron chi connectivity index (χ2n) is 5.22. The lowest BCUT2D eigenvalue weighted by atomic mass is 10.1. The highest BCUT2D eigenvalue weighted by Crippen LogP contribution is 2.27. The molecule has 132 valence electrons. The molecule has 0 radical (unpaired) electrons. The first-order valence-electron chi connectivity index (χ1n) is 7.83. The molecule has 0 aliphatic heterocycles. The molecular weight excluding hydrogens is 325 g/mol. The molecule has 0 unspecified atom stereocenters. The summed E-state index contributed by atoms with van der Waals surface area (Å²) in [4.78, 5) is 24.2. The van der Waals surface area contributed by atoms with Crippen LogP contribution in [0.15, 0.2) is 39.7 Å². The van der Waals surface area contributed by atoms with Crippen molar-refractivity contribution in [2.24, 2.45) is 12.8 Å². The zero-order valence-electron chi connectivity index (χ0n) is 14.5. The highest BCUT2D eigenvalue weighted by atomic mass is 19.1. The van der Waals surface area contributed by atoms with E-state index in [4.69, 9.17) is 10.2 Å². The smallest absolute Gasteiger partial charge is 0.263 e. The standard InChI is InChI=1S/C16H14FN3O3.C2H6/c1-8-3-4-11(10(17)7-8)19-15-12(14(18)21)13-9(5-6-23-13)16(22)20(15)2;1-2/h3-7,19H,1-2H3,(H2,18,21);1-2H3. The topological polar surface area (TPSA) is 90.3 Å². The van der Waals surface area contributed by atoms with Crippen LogP contribution < -0.4 is 16.6 Å². The number of anilines is 2. The lowest BCUT2D eigenvalue weighted by molar-refractivity contribution is 0.100. The van der Waals surface area contributed by atoms with Gasteiger partial charge in [0.15, 0.2) is 5.58 Å². The van der Waals surface area contributed by atoms with Crippen molar-refractivity contribution in [2.45, 2.75) is 20.8 Å². The predicted molar refractivity (Wildman–Crippen MR) is 95.7 cm³/mol. The Morgan fingerprint density at radius 3 is 2.56 bits per heavy atom. The molecule has 0 fully saturated rings. The van der Waals surface area contributed by atoms with Crippen molar-refractivity contribution in [3.63, 3.8) is 0 Å². The van der Waals surface area contributed by atoms with Gasteiger partial charge in [0.2, 0.25) is 0 Å². The van der Waals surface area contributed by atoms with Gasteiger partial charge in [-0.25, -0.2) is 4.39 Å². The molecule has 0 spiro atoms. The highest BCUT2D eigenvalue weighted by molar-refractivity contribution is 6.08. The van der Waals surface area contributed by atoms with Gasteiger partial charge in [-0.3, -0.25) is 14.2 Å². The fourth-order valence-corrected chi connectivity index (χ4v) is 2.45. The van der Waals surface area contributed by atoms with Gasteiger partial charge in [-0.05, 0) is 30.7 Å². The van der Waals surface area contributed by atoms with Gasteiger partial charge in [-0.15, -0.1) is 0 Å². The normalized spacial score (nSPS) is 10.3. The maximum atomic E-state index is 14.1. The van der Waals surface area contributed by atoms with Crippen molar-refractivity contribution >= 4 is 28.4 Å². The lowest BCUT2D eigenvalue weighted by Crippen LogP contribution is -2.25. The second-order valence-corrected chi connectivity index (χ2v) is 5.22. The first kappa shape index (κ1) is 18.3. The average molecular weight is 345 g/mol. The summed E-state index contributed by atoms with van der Waals surface area (Å²) < 4.78 is 20.5. The van der Waals surface area contributed by atoms with Crippen LogP contribution in [0.3, 0.4) is 0 Å². The molecule has 1 aromatic carbocycles. The average Bonchev–Trinajstić information content (AvgIpc) is 3.05. The van der Waals surface area contributed by atoms with Crippen LogP contribution in [0.2, 0.25) is 0 Å². The summed E-state index contributed by atoms with van der Waals surface area (Å²) in [5.41, 5.74) is 5.99. The Morgan fingerprint density at radius 2 is 1.96 bits per heavy atom. The van der Waals surface area contributed by atoms with Gasteiger partial charge in [0.25, 0.3) is 11.5 Å². The maximum absolute atomic E-state index is 14.1. The molecule has 25 heavy (non-hydrogen) atoms. The van der Waals surface area contributed by atoms with Crippen molar-refractivity contribution in [2.75, 3.05) is 5.32 Å². The van der Waals surface area contributed by atoms with Crippen LogP contribution in [-0.4, -0.2) is 10.5 Å². The summed E-state index contributed by atoms with van der Waals surface area (Å²) in [5.74, 6) is -1.21. The van der Waals surface area contributed by atoms with Gasteiger partial charge in [0.1, 0.15) is 17.2 Å². The quantitative estimate of drug-likeness (QED) is 0.761. The SMILES string of the molecule is CC.Cc1ccc(Nc2c(C(N)=O)c3occc3c(=O)n2C)c(F)c1. The molecule has 3 N–H and O–H groups in total. The first-order chi connectivity index (χ1) is 11.9. The number of benzene rings is 1. The van der Waals surface area contributed by atoms with E-state index in [9.17, 15) is 14.0 Å². The zero-order chi connectivity index (χ0) is 18.7. The van der Waals surface area contributed by atoms with Gasteiger partial charge < -0.3 is 15.5 Å². The molecular formula is C18H20FN3O3. The summed E-state index contributed by atoms with van der Waals surface area (Å²) in [6.07, 6.45) is 1.30. The summed E-state index contributed by atoms with van der Waals surface area (Å²) in [6.45, 7) is 5.76. The van der Waals surface area contributed by atoms with E-state index in [2.05, 4.69) is 5.32 Å². The van der Waals surface area contributed by atoms with E-state index < -0.39 is 11.7 Å². The number of pyridine rings is 1. The Morgan fingerprint density at radius 1 is 1.28 bits per heavy atom. The van der Waals surface area contributed by atoms with Crippen LogP contribution in [0.25, 0.3) is 11.0 Å². The first-order valence-corrected chi connectivity index (χ1v) is 7.83. The Labute approximate surface area is 144 Å². The number of carbonyl (C=O) groups is 1. The summed E-state index contributed by atoms with van der Waals surface area (Å²) in [5, 5.41) is 3.00.